The van der Waals surface area contributed by atoms with Crippen molar-refractivity contribution in [3.05, 3.63) is 23.2 Å². The molecule has 0 radical (unpaired) electrons. The smallest absolute Gasteiger partial charge is 0.240 e. The molecule has 1 aromatic rings. The van der Waals surface area contributed by atoms with Crippen LogP contribution in [0.5, 0.6) is 0 Å². The number of anilines is 1. The summed E-state index contributed by atoms with van der Waals surface area (Å²) in [5.74, 6) is 0. The van der Waals surface area contributed by atoms with E-state index in [1.54, 1.807) is 13.8 Å². The molecule has 0 saturated heterocycles. The predicted octanol–water partition coefficient (Wildman–Crippen LogP) is 1.75. The molecule has 0 aromatic heterocycles. The van der Waals surface area contributed by atoms with E-state index in [1.807, 2.05) is 0 Å². The summed E-state index contributed by atoms with van der Waals surface area (Å²) < 4.78 is 26.5. The molecule has 0 bridgehead atoms. The van der Waals surface area contributed by atoms with E-state index in [9.17, 15) is 13.5 Å². The van der Waals surface area contributed by atoms with Crippen molar-refractivity contribution in [1.82, 2.24) is 4.72 Å². The van der Waals surface area contributed by atoms with Crippen LogP contribution in [0.15, 0.2) is 23.1 Å². The van der Waals surface area contributed by atoms with Gasteiger partial charge in [0, 0.05) is 6.54 Å². The van der Waals surface area contributed by atoms with Crippen LogP contribution in [0.4, 0.5) is 5.69 Å². The third-order valence-electron chi connectivity index (χ3n) is 3.19. The summed E-state index contributed by atoms with van der Waals surface area (Å²) in [4.78, 5) is 0.0314. The molecule has 0 saturated carbocycles. The van der Waals surface area contributed by atoms with Gasteiger partial charge in [0.05, 0.1) is 21.2 Å². The van der Waals surface area contributed by atoms with E-state index in [-0.39, 0.29) is 17.1 Å². The van der Waals surface area contributed by atoms with Gasteiger partial charge < -0.3 is 10.8 Å². The third kappa shape index (κ3) is 4.07. The first-order valence-corrected chi connectivity index (χ1v) is 7.87. The summed E-state index contributed by atoms with van der Waals surface area (Å²) in [7, 11) is -3.70. The van der Waals surface area contributed by atoms with Gasteiger partial charge >= 0.3 is 0 Å². The molecule has 1 rings (SSSR count). The van der Waals surface area contributed by atoms with Gasteiger partial charge in [0.15, 0.2) is 0 Å². The summed E-state index contributed by atoms with van der Waals surface area (Å²) in [5, 5.41) is 10.4. The molecule has 19 heavy (non-hydrogen) atoms. The number of sulfonamides is 1. The highest BCUT2D eigenvalue weighted by Crippen LogP contribution is 2.22. The highest BCUT2D eigenvalue weighted by Gasteiger charge is 2.25. The predicted molar refractivity (Wildman–Crippen MR) is 76.6 cm³/mol. The number of nitrogens with two attached hydrogens (primary N) is 1. The van der Waals surface area contributed by atoms with Gasteiger partial charge in [-0.1, -0.05) is 25.4 Å². The van der Waals surface area contributed by atoms with E-state index >= 15 is 0 Å². The minimum atomic E-state index is -3.70. The van der Waals surface area contributed by atoms with E-state index in [2.05, 4.69) is 4.72 Å². The number of nitrogens with one attached hydrogen (secondary N) is 1. The van der Waals surface area contributed by atoms with Crippen LogP contribution >= 0.6 is 11.6 Å². The lowest BCUT2D eigenvalue weighted by atomic mass is 9.98. The largest absolute Gasteiger partial charge is 0.397 e. The molecule has 0 heterocycles. The standard InChI is InChI=1S/C12H19ClN2O3S/c1-3-12(16,4-2)8-15-19(17,18)9-5-6-10(13)11(14)7-9/h5-7,15-16H,3-4,8,14H2,1-2H3. The lowest BCUT2D eigenvalue weighted by Crippen LogP contribution is -2.41. The first-order chi connectivity index (χ1) is 8.74. The van der Waals surface area contributed by atoms with Gasteiger partial charge in [-0.2, -0.15) is 0 Å². The van der Waals surface area contributed by atoms with E-state index in [4.69, 9.17) is 17.3 Å². The number of hydrogen-bond acceptors (Lipinski definition) is 4. The summed E-state index contributed by atoms with van der Waals surface area (Å²) in [6.45, 7) is 3.57. The van der Waals surface area contributed by atoms with Crippen LogP contribution in [0.1, 0.15) is 26.7 Å². The summed E-state index contributed by atoms with van der Waals surface area (Å²) in [6.07, 6.45) is 0.934. The molecule has 0 aliphatic rings. The number of nitrogen functional groups attached to an aromatic ring is 1. The van der Waals surface area contributed by atoms with E-state index in [0.717, 1.165) is 0 Å². The van der Waals surface area contributed by atoms with Crippen LogP contribution in [-0.2, 0) is 10.0 Å². The number of rotatable bonds is 6. The average Bonchev–Trinajstić information content (AvgIpc) is 2.39. The van der Waals surface area contributed by atoms with Crippen LogP contribution in [0, 0.1) is 0 Å². The van der Waals surface area contributed by atoms with E-state index < -0.39 is 15.6 Å². The fourth-order valence-corrected chi connectivity index (χ4v) is 2.77. The summed E-state index contributed by atoms with van der Waals surface area (Å²) in [5.41, 5.74) is 4.74. The highest BCUT2D eigenvalue weighted by molar-refractivity contribution is 7.89. The van der Waals surface area contributed by atoms with Crippen molar-refractivity contribution in [3.63, 3.8) is 0 Å². The maximum Gasteiger partial charge on any atom is 0.240 e. The van der Waals surface area contributed by atoms with Gasteiger partial charge in [-0.15, -0.1) is 0 Å². The van der Waals surface area contributed by atoms with Gasteiger partial charge in [-0.05, 0) is 31.0 Å². The zero-order valence-electron chi connectivity index (χ0n) is 11.0. The molecule has 108 valence electrons. The van der Waals surface area contributed by atoms with Crippen molar-refractivity contribution >= 4 is 27.3 Å². The molecule has 0 fully saturated rings. The third-order valence-corrected chi connectivity index (χ3v) is 4.93. The fourth-order valence-electron chi connectivity index (χ4n) is 1.50. The van der Waals surface area contributed by atoms with E-state index in [0.29, 0.717) is 17.9 Å². The van der Waals surface area contributed by atoms with Crippen LogP contribution in [0.3, 0.4) is 0 Å². The van der Waals surface area contributed by atoms with Gasteiger partial charge in [0.2, 0.25) is 10.0 Å². The van der Waals surface area contributed by atoms with Crippen molar-refractivity contribution in [2.45, 2.75) is 37.2 Å². The molecule has 0 aliphatic heterocycles. The molecular weight excluding hydrogens is 288 g/mol. The van der Waals surface area contributed by atoms with Crippen LogP contribution < -0.4 is 10.5 Å². The maximum atomic E-state index is 12.1. The van der Waals surface area contributed by atoms with Gasteiger partial charge in [-0.3, -0.25) is 0 Å². The first-order valence-electron chi connectivity index (χ1n) is 6.01. The van der Waals surface area contributed by atoms with Gasteiger partial charge in [-0.25, -0.2) is 13.1 Å². The van der Waals surface area contributed by atoms with Crippen molar-refractivity contribution < 1.29 is 13.5 Å². The topological polar surface area (TPSA) is 92.4 Å². The number of aliphatic hydroxyl groups is 1. The second-order valence-corrected chi connectivity index (χ2v) is 6.61. The van der Waals surface area contributed by atoms with Crippen LogP contribution in [0.25, 0.3) is 0 Å². The van der Waals surface area contributed by atoms with Crippen molar-refractivity contribution in [3.8, 4) is 0 Å². The summed E-state index contributed by atoms with van der Waals surface area (Å²) in [6, 6.07) is 4.09. The zero-order valence-corrected chi connectivity index (χ0v) is 12.6. The molecule has 5 nitrogen and oxygen atoms in total. The maximum absolute atomic E-state index is 12.1. The summed E-state index contributed by atoms with van der Waals surface area (Å²) >= 11 is 5.75. The SMILES string of the molecule is CCC(O)(CC)CNS(=O)(=O)c1ccc(Cl)c(N)c1. The molecule has 0 unspecified atom stereocenters. The second kappa shape index (κ2) is 6.09. The quantitative estimate of drug-likeness (QED) is 0.698. The molecule has 0 aliphatic carbocycles. The Bertz CT molecular complexity index is 542. The molecule has 0 spiro atoms. The lowest BCUT2D eigenvalue weighted by Gasteiger charge is -2.25. The monoisotopic (exact) mass is 306 g/mol. The van der Waals surface area contributed by atoms with Crippen LogP contribution in [0.2, 0.25) is 5.02 Å². The Labute approximate surface area is 118 Å². The Morgan fingerprint density at radius 3 is 2.42 bits per heavy atom. The van der Waals surface area contributed by atoms with Gasteiger partial charge in [0.25, 0.3) is 0 Å². The molecule has 7 heteroatoms. The van der Waals surface area contributed by atoms with Crippen LogP contribution in [-0.4, -0.2) is 25.7 Å². The first kappa shape index (κ1) is 16.2. The Balaban J connectivity index is 2.90. The molecule has 4 N–H and O–H groups in total. The Morgan fingerprint density at radius 2 is 1.95 bits per heavy atom. The second-order valence-electron chi connectivity index (χ2n) is 4.44. The van der Waals surface area contributed by atoms with Crippen molar-refractivity contribution in [2.75, 3.05) is 12.3 Å². The lowest BCUT2D eigenvalue weighted by molar-refractivity contribution is 0.0377. The number of benzene rings is 1. The van der Waals surface area contributed by atoms with Crippen molar-refractivity contribution in [1.29, 1.82) is 0 Å². The Hall–Kier alpha value is -0.820. The normalized spacial score (nSPS) is 12.6. The fraction of sp³-hybridized carbons (Fsp3) is 0.500. The highest BCUT2D eigenvalue weighted by atomic mass is 35.5. The minimum Gasteiger partial charge on any atom is -0.397 e. The average molecular weight is 307 g/mol. The van der Waals surface area contributed by atoms with Crippen molar-refractivity contribution in [2.24, 2.45) is 0 Å². The minimum absolute atomic E-state index is 0.0314. The molecule has 0 atom stereocenters. The Morgan fingerprint density at radius 1 is 1.37 bits per heavy atom. The van der Waals surface area contributed by atoms with Gasteiger partial charge in [0.1, 0.15) is 0 Å². The zero-order chi connectivity index (χ0) is 14.7. The molecule has 1 aromatic carbocycles. The number of halogens is 1. The van der Waals surface area contributed by atoms with E-state index in [1.165, 1.54) is 18.2 Å². The Kier molecular flexibility index (Phi) is 5.20. The number of hydrogen-bond donors (Lipinski definition) is 3. The molecule has 0 amide bonds. The molecular formula is C12H19ClN2O3S.